The van der Waals surface area contributed by atoms with Gasteiger partial charge in [0.25, 0.3) is 0 Å². The monoisotopic (exact) mass is 245 g/mol. The van der Waals surface area contributed by atoms with Gasteiger partial charge >= 0.3 is 0 Å². The van der Waals surface area contributed by atoms with Crippen molar-refractivity contribution >= 4 is 16.6 Å². The predicted octanol–water partition coefficient (Wildman–Crippen LogP) is 0.909. The summed E-state index contributed by atoms with van der Waals surface area (Å²) in [5, 5.41) is 4.81. The van der Waals surface area contributed by atoms with E-state index in [9.17, 15) is 0 Å². The number of fused-ring (bicyclic) bond motifs is 1. The minimum Gasteiger partial charge on any atom is -0.384 e. The molecule has 18 heavy (non-hydrogen) atoms. The van der Waals surface area contributed by atoms with E-state index in [4.69, 9.17) is 0 Å². The smallest absolute Gasteiger partial charge is 0.213 e. The van der Waals surface area contributed by atoms with Crippen LogP contribution in [0, 0.1) is 6.92 Å². The van der Waals surface area contributed by atoms with E-state index >= 15 is 0 Å². The lowest BCUT2D eigenvalue weighted by Gasteiger charge is -2.10. The molecule has 3 nitrogen and oxygen atoms in total. The van der Waals surface area contributed by atoms with Gasteiger partial charge in [-0.25, -0.2) is 4.98 Å². The molecule has 2 rings (SSSR count). The fraction of sp³-hybridized carbons (Fsp3) is 0.400. The van der Waals surface area contributed by atoms with Crippen LogP contribution in [-0.4, -0.2) is 27.2 Å². The second kappa shape index (κ2) is 5.83. The summed E-state index contributed by atoms with van der Waals surface area (Å²) >= 11 is 0. The Morgan fingerprint density at radius 1 is 1.22 bits per heavy atom. The van der Waals surface area contributed by atoms with Crippen LogP contribution in [0.15, 0.2) is 30.3 Å². The van der Waals surface area contributed by atoms with Gasteiger partial charge in [0.1, 0.15) is 0 Å². The molecule has 1 aromatic heterocycles. The van der Waals surface area contributed by atoms with Gasteiger partial charge in [-0.05, 0) is 6.07 Å². The fourth-order valence-electron chi connectivity index (χ4n) is 2.18. The van der Waals surface area contributed by atoms with Crippen molar-refractivity contribution in [1.82, 2.24) is 0 Å². The molecule has 0 amide bonds. The third kappa shape index (κ3) is 3.20. The van der Waals surface area contributed by atoms with Crippen molar-refractivity contribution in [2.75, 3.05) is 32.5 Å². The normalized spacial score (nSPS) is 11.1. The summed E-state index contributed by atoms with van der Waals surface area (Å²) in [7, 11) is 4.38. The van der Waals surface area contributed by atoms with Gasteiger partial charge < -0.3 is 10.2 Å². The van der Waals surface area contributed by atoms with E-state index in [1.807, 2.05) is 0 Å². The van der Waals surface area contributed by atoms with Crippen molar-refractivity contribution in [1.29, 1.82) is 0 Å². The molecule has 0 spiro atoms. The van der Waals surface area contributed by atoms with Gasteiger partial charge in [0.2, 0.25) is 5.52 Å². The quantitative estimate of drug-likeness (QED) is 0.754. The average molecular weight is 245 g/mol. The predicted molar refractivity (Wildman–Crippen MR) is 76.0 cm³/mol. The molecule has 0 fully saturated rings. The molecule has 1 heterocycles. The van der Waals surface area contributed by atoms with Crippen LogP contribution in [0.4, 0.5) is 5.69 Å². The number of aryl methyl sites for hydroxylation is 1. The molecule has 0 saturated heterocycles. The zero-order valence-electron chi connectivity index (χ0n) is 11.5. The molecule has 0 atom stereocenters. The Hall–Kier alpha value is -1.61. The van der Waals surface area contributed by atoms with E-state index in [2.05, 4.69) is 61.7 Å². The number of rotatable bonds is 5. The third-order valence-corrected chi connectivity index (χ3v) is 3.08. The highest BCUT2D eigenvalue weighted by molar-refractivity contribution is 5.89. The molecule has 0 aliphatic rings. The second-order valence-electron chi connectivity index (χ2n) is 5.15. The average Bonchev–Trinajstić information content (AvgIpc) is 2.34. The van der Waals surface area contributed by atoms with Gasteiger partial charge in [0.15, 0.2) is 5.69 Å². The molecule has 2 aromatic rings. The van der Waals surface area contributed by atoms with Crippen LogP contribution < -0.4 is 15.2 Å². The van der Waals surface area contributed by atoms with Crippen LogP contribution in [0.3, 0.4) is 0 Å². The van der Waals surface area contributed by atoms with Gasteiger partial charge in [-0.2, -0.15) is 0 Å². The molecular weight excluding hydrogens is 222 g/mol. The first kappa shape index (κ1) is 12.8. The highest BCUT2D eigenvalue weighted by atomic mass is 15.1. The number of benzene rings is 1. The van der Waals surface area contributed by atoms with Crippen molar-refractivity contribution < 1.29 is 9.88 Å². The second-order valence-corrected chi connectivity index (χ2v) is 5.15. The van der Waals surface area contributed by atoms with Crippen molar-refractivity contribution in [2.45, 2.75) is 13.3 Å². The standard InChI is InChI=1S/C15H21N3/c1-12-11-15(16-9-6-10-18(2)3)13-7-4-5-8-14(13)17-12/h4-5,7-8,11H,6,9-10H2,1-3H3,(H,16,17)/p+2. The van der Waals surface area contributed by atoms with E-state index in [0.717, 1.165) is 6.54 Å². The number of nitrogens with one attached hydrogen (secondary N) is 3. The van der Waals surface area contributed by atoms with E-state index < -0.39 is 0 Å². The number of hydrogen-bond acceptors (Lipinski definition) is 1. The SMILES string of the molecule is Cc1cc(NCCC[NH+](C)C)c2ccccc2[nH+]1. The van der Waals surface area contributed by atoms with Crippen LogP contribution in [0.2, 0.25) is 0 Å². The number of H-pyrrole nitrogens is 1. The maximum Gasteiger partial charge on any atom is 0.213 e. The van der Waals surface area contributed by atoms with Crippen LogP contribution in [0.25, 0.3) is 10.9 Å². The van der Waals surface area contributed by atoms with Gasteiger partial charge in [-0.3, -0.25) is 0 Å². The van der Waals surface area contributed by atoms with Crippen LogP contribution >= 0.6 is 0 Å². The number of hydrogen-bond donors (Lipinski definition) is 2. The molecule has 3 N–H and O–H groups in total. The minimum absolute atomic E-state index is 1.03. The fourth-order valence-corrected chi connectivity index (χ4v) is 2.18. The summed E-state index contributed by atoms with van der Waals surface area (Å²) in [6.45, 7) is 4.32. The molecule has 1 aromatic carbocycles. The number of aromatic amines is 1. The Morgan fingerprint density at radius 3 is 2.78 bits per heavy atom. The molecule has 0 unspecified atom stereocenters. The van der Waals surface area contributed by atoms with Crippen molar-refractivity contribution in [3.05, 3.63) is 36.0 Å². The molecular formula is C15H23N3+2. The molecule has 0 radical (unpaired) electrons. The number of para-hydroxylation sites is 1. The lowest BCUT2D eigenvalue weighted by Crippen LogP contribution is -3.05. The highest BCUT2D eigenvalue weighted by Gasteiger charge is 2.07. The Bertz CT molecular complexity index is 520. The lowest BCUT2D eigenvalue weighted by atomic mass is 10.1. The molecule has 0 saturated carbocycles. The molecule has 0 bridgehead atoms. The van der Waals surface area contributed by atoms with Gasteiger partial charge in [0, 0.05) is 32.0 Å². The number of pyridine rings is 1. The van der Waals surface area contributed by atoms with Gasteiger partial charge in [-0.15, -0.1) is 0 Å². The summed E-state index contributed by atoms with van der Waals surface area (Å²) in [6, 6.07) is 10.6. The van der Waals surface area contributed by atoms with Gasteiger partial charge in [0.05, 0.1) is 31.7 Å². The Balaban J connectivity index is 2.12. The highest BCUT2D eigenvalue weighted by Crippen LogP contribution is 2.20. The van der Waals surface area contributed by atoms with E-state index in [0.29, 0.717) is 0 Å². The first-order valence-corrected chi connectivity index (χ1v) is 6.61. The van der Waals surface area contributed by atoms with Gasteiger partial charge in [-0.1, -0.05) is 12.1 Å². The summed E-state index contributed by atoms with van der Waals surface area (Å²) < 4.78 is 0. The minimum atomic E-state index is 1.03. The van der Waals surface area contributed by atoms with E-state index in [1.54, 1.807) is 0 Å². The number of anilines is 1. The summed E-state index contributed by atoms with van der Waals surface area (Å²) in [6.07, 6.45) is 1.19. The van der Waals surface area contributed by atoms with E-state index in [-0.39, 0.29) is 0 Å². The Labute approximate surface area is 109 Å². The molecule has 3 heteroatoms. The Kier molecular flexibility index (Phi) is 4.15. The summed E-state index contributed by atoms with van der Waals surface area (Å²) in [5.41, 5.74) is 3.61. The van der Waals surface area contributed by atoms with Crippen LogP contribution in [-0.2, 0) is 0 Å². The Morgan fingerprint density at radius 2 is 2.00 bits per heavy atom. The first-order chi connectivity index (χ1) is 8.66. The topological polar surface area (TPSA) is 30.6 Å². The maximum absolute atomic E-state index is 3.55. The lowest BCUT2D eigenvalue weighted by molar-refractivity contribution is -0.858. The third-order valence-electron chi connectivity index (χ3n) is 3.08. The van der Waals surface area contributed by atoms with Crippen molar-refractivity contribution in [2.24, 2.45) is 0 Å². The number of quaternary nitrogens is 1. The van der Waals surface area contributed by atoms with Crippen molar-refractivity contribution in [3.8, 4) is 0 Å². The largest absolute Gasteiger partial charge is 0.384 e. The zero-order chi connectivity index (χ0) is 13.0. The number of aromatic nitrogens is 1. The molecule has 0 aliphatic carbocycles. The summed E-state index contributed by atoms with van der Waals surface area (Å²) in [5.74, 6) is 0. The van der Waals surface area contributed by atoms with E-state index in [1.165, 1.54) is 40.1 Å². The molecule has 96 valence electrons. The van der Waals surface area contributed by atoms with Crippen LogP contribution in [0.1, 0.15) is 12.1 Å². The maximum atomic E-state index is 3.55. The van der Waals surface area contributed by atoms with Crippen LogP contribution in [0.5, 0.6) is 0 Å². The summed E-state index contributed by atoms with van der Waals surface area (Å²) in [4.78, 5) is 4.89. The molecule has 0 aliphatic heterocycles. The first-order valence-electron chi connectivity index (χ1n) is 6.61. The zero-order valence-corrected chi connectivity index (χ0v) is 11.5. The van der Waals surface area contributed by atoms with Crippen molar-refractivity contribution in [3.63, 3.8) is 0 Å².